The third kappa shape index (κ3) is 4.65. The van der Waals surface area contributed by atoms with E-state index in [0.717, 1.165) is 32.4 Å². The Kier molecular flexibility index (Phi) is 6.10. The molecule has 27 heavy (non-hydrogen) atoms. The Morgan fingerprint density at radius 3 is 2.89 bits per heavy atom. The van der Waals surface area contributed by atoms with E-state index in [1.165, 1.54) is 16.1 Å². The van der Waals surface area contributed by atoms with E-state index in [9.17, 15) is 14.4 Å². The van der Waals surface area contributed by atoms with E-state index in [0.29, 0.717) is 18.7 Å². The first-order valence-corrected chi connectivity index (χ1v) is 9.58. The first-order valence-electron chi connectivity index (χ1n) is 9.58. The molecule has 4 N–H and O–H groups in total. The van der Waals surface area contributed by atoms with Crippen molar-refractivity contribution in [2.45, 2.75) is 44.2 Å². The van der Waals surface area contributed by atoms with Gasteiger partial charge in [-0.1, -0.05) is 18.2 Å². The molecular weight excluding hydrogens is 348 g/mol. The molecule has 0 spiro atoms. The van der Waals surface area contributed by atoms with Crippen molar-refractivity contribution in [3.63, 3.8) is 0 Å². The van der Waals surface area contributed by atoms with Gasteiger partial charge in [-0.15, -0.1) is 0 Å². The lowest BCUT2D eigenvalue weighted by Crippen LogP contribution is -3.10. The van der Waals surface area contributed by atoms with Crippen LogP contribution < -0.4 is 20.9 Å². The Labute approximate surface area is 158 Å². The molecule has 148 valence electrons. The number of imidazole rings is 1. The number of carbonyl (C=O) groups excluding carboxylic acids is 3. The average molecular weight is 376 g/mol. The molecule has 0 saturated carbocycles. The molecular formula is C18H28N6O3. The number of quaternary nitrogens is 1. The van der Waals surface area contributed by atoms with E-state index in [4.69, 9.17) is 5.73 Å². The number of amides is 3. The Morgan fingerprint density at radius 1 is 1.41 bits per heavy atom. The smallest absolute Gasteiger partial charge is 0.246 e. The summed E-state index contributed by atoms with van der Waals surface area (Å²) in [6.45, 7) is 2.29. The van der Waals surface area contributed by atoms with Gasteiger partial charge in [-0.25, -0.2) is 0 Å². The first-order chi connectivity index (χ1) is 13.0. The molecule has 2 aliphatic rings. The first kappa shape index (κ1) is 19.3. The summed E-state index contributed by atoms with van der Waals surface area (Å²) in [5, 5.41) is 2.92. The number of nitrogens with zero attached hydrogens (tertiary/aromatic N) is 3. The highest BCUT2D eigenvalue weighted by Gasteiger charge is 2.37. The van der Waals surface area contributed by atoms with Crippen molar-refractivity contribution in [2.24, 2.45) is 11.7 Å². The molecule has 1 aromatic rings. The van der Waals surface area contributed by atoms with Crippen LogP contribution in [-0.4, -0.2) is 66.4 Å². The van der Waals surface area contributed by atoms with E-state index in [-0.39, 0.29) is 24.2 Å². The van der Waals surface area contributed by atoms with Crippen LogP contribution in [0.15, 0.2) is 12.5 Å². The maximum atomic E-state index is 13.1. The van der Waals surface area contributed by atoms with Gasteiger partial charge in [-0.3, -0.25) is 14.4 Å². The number of nitrogens with one attached hydrogen (secondary N) is 2. The van der Waals surface area contributed by atoms with Gasteiger partial charge in [0.15, 0.2) is 0 Å². The van der Waals surface area contributed by atoms with Gasteiger partial charge in [-0.05, 0) is 32.1 Å². The van der Waals surface area contributed by atoms with Gasteiger partial charge in [-0.2, -0.15) is 0 Å². The van der Waals surface area contributed by atoms with Crippen LogP contribution in [0, 0.1) is 5.92 Å². The van der Waals surface area contributed by atoms with E-state index >= 15 is 0 Å². The number of piperidine rings is 1. The molecule has 1 aromatic heterocycles. The molecule has 0 aromatic carbocycles. The fourth-order valence-electron chi connectivity index (χ4n) is 4.09. The SMILES string of the molecule is C[NH+]1CCCC(C(=O)NC(Cc2c[n-]cn2)C(=O)N2CCCC2C(N)=O)C1. The zero-order valence-corrected chi connectivity index (χ0v) is 15.7. The number of rotatable bonds is 6. The van der Waals surface area contributed by atoms with Gasteiger partial charge >= 0.3 is 0 Å². The molecule has 2 saturated heterocycles. The lowest BCUT2D eigenvalue weighted by atomic mass is 9.96. The van der Waals surface area contributed by atoms with Crippen molar-refractivity contribution in [2.75, 3.05) is 26.7 Å². The van der Waals surface area contributed by atoms with E-state index < -0.39 is 18.0 Å². The molecule has 0 aliphatic carbocycles. The zero-order chi connectivity index (χ0) is 19.4. The van der Waals surface area contributed by atoms with Gasteiger partial charge in [0, 0.05) is 6.54 Å². The molecule has 0 bridgehead atoms. The summed E-state index contributed by atoms with van der Waals surface area (Å²) >= 11 is 0. The van der Waals surface area contributed by atoms with Crippen molar-refractivity contribution >= 4 is 17.7 Å². The Balaban J connectivity index is 1.73. The maximum absolute atomic E-state index is 13.1. The molecule has 2 aliphatic heterocycles. The third-order valence-electron chi connectivity index (χ3n) is 5.53. The van der Waals surface area contributed by atoms with Crippen LogP contribution in [0.25, 0.3) is 0 Å². The fourth-order valence-corrected chi connectivity index (χ4v) is 4.09. The number of primary amides is 1. The summed E-state index contributed by atoms with van der Waals surface area (Å²) in [7, 11) is 2.07. The Morgan fingerprint density at radius 2 is 2.22 bits per heavy atom. The Hall–Kier alpha value is -2.42. The predicted molar refractivity (Wildman–Crippen MR) is 96.5 cm³/mol. The lowest BCUT2D eigenvalue weighted by Gasteiger charge is -2.30. The summed E-state index contributed by atoms with van der Waals surface area (Å²) in [4.78, 5) is 48.5. The van der Waals surface area contributed by atoms with Crippen LogP contribution in [0.2, 0.25) is 0 Å². The number of aromatic nitrogens is 2. The summed E-state index contributed by atoms with van der Waals surface area (Å²) in [5.41, 5.74) is 6.08. The minimum Gasteiger partial charge on any atom is -0.450 e. The van der Waals surface area contributed by atoms with Crippen LogP contribution in [0.4, 0.5) is 0 Å². The quantitative estimate of drug-likeness (QED) is 0.505. The van der Waals surface area contributed by atoms with Crippen LogP contribution in [0.5, 0.6) is 0 Å². The van der Waals surface area contributed by atoms with Crippen LogP contribution >= 0.6 is 0 Å². The highest BCUT2D eigenvalue weighted by atomic mass is 16.2. The summed E-state index contributed by atoms with van der Waals surface area (Å²) in [6.07, 6.45) is 6.37. The Bertz CT molecular complexity index is 677. The zero-order valence-electron chi connectivity index (χ0n) is 15.7. The van der Waals surface area contributed by atoms with Crippen LogP contribution in [0.3, 0.4) is 0 Å². The maximum Gasteiger partial charge on any atom is 0.246 e. The van der Waals surface area contributed by atoms with Crippen LogP contribution in [-0.2, 0) is 20.8 Å². The predicted octanol–water partition coefficient (Wildman–Crippen LogP) is -2.53. The molecule has 4 atom stereocenters. The number of hydrogen-bond donors (Lipinski definition) is 3. The molecule has 3 heterocycles. The lowest BCUT2D eigenvalue weighted by molar-refractivity contribution is -0.887. The topological polar surface area (TPSA) is 124 Å². The monoisotopic (exact) mass is 376 g/mol. The normalized spacial score (nSPS) is 26.6. The summed E-state index contributed by atoms with van der Waals surface area (Å²) in [6, 6.07) is -1.37. The van der Waals surface area contributed by atoms with Crippen LogP contribution in [0.1, 0.15) is 31.4 Å². The molecule has 0 radical (unpaired) electrons. The van der Waals surface area contributed by atoms with Gasteiger partial charge in [0.2, 0.25) is 17.7 Å². The van der Waals surface area contributed by atoms with Crippen molar-refractivity contribution < 1.29 is 19.3 Å². The van der Waals surface area contributed by atoms with Gasteiger partial charge in [0.05, 0.1) is 26.1 Å². The number of nitrogens with two attached hydrogens (primary N) is 1. The average Bonchev–Trinajstić information content (AvgIpc) is 3.32. The number of carbonyl (C=O) groups is 3. The minimum atomic E-state index is -0.767. The van der Waals surface area contributed by atoms with E-state index in [1.54, 1.807) is 6.20 Å². The highest BCUT2D eigenvalue weighted by molar-refractivity contribution is 5.92. The minimum absolute atomic E-state index is 0.106. The van der Waals surface area contributed by atoms with Crippen molar-refractivity contribution in [1.29, 1.82) is 0 Å². The molecule has 9 nitrogen and oxygen atoms in total. The summed E-state index contributed by atoms with van der Waals surface area (Å²) < 4.78 is 0. The van der Waals surface area contributed by atoms with Crippen molar-refractivity contribution in [3.8, 4) is 0 Å². The second-order valence-corrected chi connectivity index (χ2v) is 7.62. The molecule has 3 amide bonds. The summed E-state index contributed by atoms with van der Waals surface area (Å²) in [5.74, 6) is -0.993. The van der Waals surface area contributed by atoms with Gasteiger partial charge in [0.25, 0.3) is 0 Å². The molecule has 4 unspecified atom stereocenters. The number of likely N-dealkylation sites (tertiary alicyclic amines) is 2. The second-order valence-electron chi connectivity index (χ2n) is 7.62. The van der Waals surface area contributed by atoms with Gasteiger partial charge in [0.1, 0.15) is 12.1 Å². The third-order valence-corrected chi connectivity index (χ3v) is 5.53. The molecule has 9 heteroatoms. The highest BCUT2D eigenvalue weighted by Crippen LogP contribution is 2.19. The second kappa shape index (κ2) is 8.51. The molecule has 2 fully saturated rings. The van der Waals surface area contributed by atoms with Gasteiger partial charge < -0.3 is 30.8 Å². The fraction of sp³-hybridized carbons (Fsp3) is 0.667. The largest absolute Gasteiger partial charge is 0.450 e. The standard InChI is InChI=1S/C18H28N6O3/c1-23-6-2-4-12(10-23)17(26)22-14(8-13-9-20-11-21-13)18(27)24-7-3-5-15(24)16(19)25/h9,11-12,14-15H,2-8,10H2,1H3,(H4,19,20,21,22,25,26). The van der Waals surface area contributed by atoms with E-state index in [2.05, 4.69) is 22.3 Å². The number of hydrogen-bond acceptors (Lipinski definition) is 4. The molecule has 3 rings (SSSR count). The van der Waals surface area contributed by atoms with Crippen molar-refractivity contribution in [3.05, 3.63) is 18.2 Å². The van der Waals surface area contributed by atoms with E-state index in [1.807, 2.05) is 0 Å². The van der Waals surface area contributed by atoms with Crippen molar-refractivity contribution in [1.82, 2.24) is 20.2 Å².